The van der Waals surface area contributed by atoms with Gasteiger partial charge in [-0.3, -0.25) is 0 Å². The SMILES string of the molecule is CCS(=O)(=O)CCNCCC(C)C. The molecular formula is C9H21NO2S. The summed E-state index contributed by atoms with van der Waals surface area (Å²) in [5.74, 6) is 1.19. The van der Waals surface area contributed by atoms with Gasteiger partial charge >= 0.3 is 0 Å². The van der Waals surface area contributed by atoms with E-state index in [0.29, 0.717) is 12.5 Å². The van der Waals surface area contributed by atoms with E-state index in [9.17, 15) is 8.42 Å². The Morgan fingerprint density at radius 3 is 2.31 bits per heavy atom. The predicted octanol–water partition coefficient (Wildman–Crippen LogP) is 1.06. The molecule has 13 heavy (non-hydrogen) atoms. The monoisotopic (exact) mass is 207 g/mol. The molecule has 0 radical (unpaired) electrons. The molecule has 0 aromatic rings. The van der Waals surface area contributed by atoms with Crippen molar-refractivity contribution in [2.24, 2.45) is 5.92 Å². The maximum Gasteiger partial charge on any atom is 0.151 e. The van der Waals surface area contributed by atoms with Gasteiger partial charge < -0.3 is 5.32 Å². The van der Waals surface area contributed by atoms with Crippen LogP contribution >= 0.6 is 0 Å². The van der Waals surface area contributed by atoms with Gasteiger partial charge in [-0.05, 0) is 18.9 Å². The largest absolute Gasteiger partial charge is 0.316 e. The Bertz CT molecular complexity index is 210. The van der Waals surface area contributed by atoms with Crippen molar-refractivity contribution in [3.05, 3.63) is 0 Å². The van der Waals surface area contributed by atoms with Crippen molar-refractivity contribution in [3.63, 3.8) is 0 Å². The molecule has 0 amide bonds. The molecule has 0 aromatic carbocycles. The van der Waals surface area contributed by atoms with E-state index < -0.39 is 9.84 Å². The van der Waals surface area contributed by atoms with Crippen LogP contribution < -0.4 is 5.32 Å². The van der Waals surface area contributed by atoms with Gasteiger partial charge in [0.2, 0.25) is 0 Å². The highest BCUT2D eigenvalue weighted by atomic mass is 32.2. The van der Waals surface area contributed by atoms with Gasteiger partial charge in [0.1, 0.15) is 0 Å². The molecule has 4 heteroatoms. The van der Waals surface area contributed by atoms with Gasteiger partial charge in [-0.25, -0.2) is 8.42 Å². The van der Waals surface area contributed by atoms with Crippen LogP contribution in [-0.2, 0) is 9.84 Å². The van der Waals surface area contributed by atoms with E-state index in [1.165, 1.54) is 0 Å². The van der Waals surface area contributed by atoms with Crippen molar-refractivity contribution < 1.29 is 8.42 Å². The van der Waals surface area contributed by atoms with Crippen molar-refractivity contribution in [1.29, 1.82) is 0 Å². The fourth-order valence-corrected chi connectivity index (χ4v) is 1.63. The molecule has 0 aliphatic rings. The van der Waals surface area contributed by atoms with Crippen LogP contribution in [0.1, 0.15) is 27.2 Å². The summed E-state index contributed by atoms with van der Waals surface area (Å²) in [7, 11) is -2.78. The zero-order valence-electron chi connectivity index (χ0n) is 8.84. The fourth-order valence-electron chi connectivity index (χ4n) is 0.888. The minimum absolute atomic E-state index is 0.249. The molecule has 0 fully saturated rings. The number of nitrogens with one attached hydrogen (secondary N) is 1. The first kappa shape index (κ1) is 12.9. The second-order valence-electron chi connectivity index (χ2n) is 3.67. The van der Waals surface area contributed by atoms with Crippen molar-refractivity contribution in [2.45, 2.75) is 27.2 Å². The normalized spacial score (nSPS) is 12.3. The van der Waals surface area contributed by atoms with Crippen LogP contribution in [0.5, 0.6) is 0 Å². The van der Waals surface area contributed by atoms with E-state index in [1.54, 1.807) is 6.92 Å². The second kappa shape index (κ2) is 6.38. The molecule has 0 bridgehead atoms. The molecule has 0 saturated heterocycles. The predicted molar refractivity (Wildman–Crippen MR) is 56.7 cm³/mol. The minimum Gasteiger partial charge on any atom is -0.316 e. The van der Waals surface area contributed by atoms with E-state index >= 15 is 0 Å². The summed E-state index contributed by atoms with van der Waals surface area (Å²) in [6, 6.07) is 0. The Kier molecular flexibility index (Phi) is 6.33. The maximum atomic E-state index is 11.1. The average Bonchev–Trinajstić information content (AvgIpc) is 2.03. The quantitative estimate of drug-likeness (QED) is 0.635. The summed E-state index contributed by atoms with van der Waals surface area (Å²) in [4.78, 5) is 0. The summed E-state index contributed by atoms with van der Waals surface area (Å²) in [5.41, 5.74) is 0. The summed E-state index contributed by atoms with van der Waals surface area (Å²) in [6.45, 7) is 7.50. The van der Waals surface area contributed by atoms with Crippen LogP contribution in [-0.4, -0.2) is 33.0 Å². The van der Waals surface area contributed by atoms with Gasteiger partial charge in [0.15, 0.2) is 9.84 Å². The molecule has 0 rings (SSSR count). The zero-order chi connectivity index (χ0) is 10.3. The van der Waals surface area contributed by atoms with Crippen LogP contribution in [0.2, 0.25) is 0 Å². The first-order valence-electron chi connectivity index (χ1n) is 4.89. The van der Waals surface area contributed by atoms with Gasteiger partial charge in [-0.15, -0.1) is 0 Å². The Morgan fingerprint density at radius 1 is 1.23 bits per heavy atom. The van der Waals surface area contributed by atoms with Gasteiger partial charge in [0.25, 0.3) is 0 Å². The lowest BCUT2D eigenvalue weighted by atomic mass is 10.1. The Morgan fingerprint density at radius 2 is 1.85 bits per heavy atom. The minimum atomic E-state index is -2.78. The smallest absolute Gasteiger partial charge is 0.151 e. The van der Waals surface area contributed by atoms with E-state index in [4.69, 9.17) is 0 Å². The molecule has 80 valence electrons. The molecule has 0 atom stereocenters. The third-order valence-electron chi connectivity index (χ3n) is 1.93. The summed E-state index contributed by atoms with van der Waals surface area (Å²) in [6.07, 6.45) is 1.10. The van der Waals surface area contributed by atoms with Crippen molar-refractivity contribution in [3.8, 4) is 0 Å². The van der Waals surface area contributed by atoms with Crippen LogP contribution in [0.25, 0.3) is 0 Å². The third-order valence-corrected chi connectivity index (χ3v) is 3.63. The van der Waals surface area contributed by atoms with E-state index in [2.05, 4.69) is 19.2 Å². The molecule has 0 saturated carbocycles. The molecule has 0 aliphatic carbocycles. The highest BCUT2D eigenvalue weighted by Gasteiger charge is 2.05. The van der Waals surface area contributed by atoms with Crippen molar-refractivity contribution in [2.75, 3.05) is 24.6 Å². The molecule has 0 unspecified atom stereocenters. The first-order chi connectivity index (χ1) is 5.98. The van der Waals surface area contributed by atoms with Crippen molar-refractivity contribution >= 4 is 9.84 Å². The zero-order valence-corrected chi connectivity index (χ0v) is 9.65. The van der Waals surface area contributed by atoms with Gasteiger partial charge in [0.05, 0.1) is 5.75 Å². The molecule has 1 N–H and O–H groups in total. The van der Waals surface area contributed by atoms with E-state index in [-0.39, 0.29) is 11.5 Å². The number of hydrogen-bond acceptors (Lipinski definition) is 3. The molecular weight excluding hydrogens is 186 g/mol. The highest BCUT2D eigenvalue weighted by molar-refractivity contribution is 7.91. The topological polar surface area (TPSA) is 46.2 Å². The molecule has 0 spiro atoms. The molecule has 3 nitrogen and oxygen atoms in total. The van der Waals surface area contributed by atoms with E-state index in [0.717, 1.165) is 13.0 Å². The number of sulfone groups is 1. The standard InChI is InChI=1S/C9H21NO2S/c1-4-13(11,12)8-7-10-6-5-9(2)3/h9-10H,4-8H2,1-3H3. The summed E-state index contributed by atoms with van der Waals surface area (Å²) in [5, 5.41) is 3.13. The third kappa shape index (κ3) is 8.25. The maximum absolute atomic E-state index is 11.1. The molecule has 0 aromatic heterocycles. The molecule has 0 heterocycles. The highest BCUT2D eigenvalue weighted by Crippen LogP contribution is 1.96. The van der Waals surface area contributed by atoms with E-state index in [1.807, 2.05) is 0 Å². The number of hydrogen-bond donors (Lipinski definition) is 1. The molecule has 0 aliphatic heterocycles. The van der Waals surface area contributed by atoms with Gasteiger partial charge in [-0.1, -0.05) is 20.8 Å². The van der Waals surface area contributed by atoms with Gasteiger partial charge in [-0.2, -0.15) is 0 Å². The lowest BCUT2D eigenvalue weighted by molar-refractivity contribution is 0.543. The second-order valence-corrected chi connectivity index (χ2v) is 6.14. The summed E-state index contributed by atoms with van der Waals surface area (Å²) < 4.78 is 22.1. The van der Waals surface area contributed by atoms with Gasteiger partial charge in [0, 0.05) is 12.3 Å². The first-order valence-corrected chi connectivity index (χ1v) is 6.71. The Hall–Kier alpha value is -0.0900. The average molecular weight is 207 g/mol. The Balaban J connectivity index is 3.37. The summed E-state index contributed by atoms with van der Waals surface area (Å²) >= 11 is 0. The fraction of sp³-hybridized carbons (Fsp3) is 1.00. The lowest BCUT2D eigenvalue weighted by Gasteiger charge is -2.06. The van der Waals surface area contributed by atoms with Crippen LogP contribution in [0.4, 0.5) is 0 Å². The number of rotatable bonds is 7. The van der Waals surface area contributed by atoms with Crippen LogP contribution in [0.15, 0.2) is 0 Å². The van der Waals surface area contributed by atoms with Crippen LogP contribution in [0.3, 0.4) is 0 Å². The van der Waals surface area contributed by atoms with Crippen LogP contribution in [0, 0.1) is 5.92 Å². The lowest BCUT2D eigenvalue weighted by Crippen LogP contribution is -2.25. The Labute approximate surface area is 81.8 Å². The van der Waals surface area contributed by atoms with Crippen molar-refractivity contribution in [1.82, 2.24) is 5.32 Å².